The number of rotatable bonds is 2. The minimum absolute atomic E-state index is 0.343. The highest BCUT2D eigenvalue weighted by atomic mass is 15.2. The Labute approximate surface area is 144 Å². The lowest BCUT2D eigenvalue weighted by Crippen LogP contribution is -2.51. The normalized spacial score (nSPS) is 32.0. The number of nitrogens with two attached hydrogens (primary N) is 1. The van der Waals surface area contributed by atoms with Crippen LogP contribution in [0.3, 0.4) is 0 Å². The summed E-state index contributed by atoms with van der Waals surface area (Å²) in [4.78, 5) is 2.56. The lowest BCUT2D eigenvalue weighted by atomic mass is 9.66. The summed E-state index contributed by atoms with van der Waals surface area (Å²) in [7, 11) is 2.27. The number of benzene rings is 2. The minimum atomic E-state index is 0.343. The number of nitrogens with zero attached hydrogens (tertiary/aromatic N) is 2. The second-order valence-corrected chi connectivity index (χ2v) is 7.07. The molecule has 0 aromatic heterocycles. The molecular formula is C21H25N3. The first-order valence-electron chi connectivity index (χ1n) is 8.90. The zero-order chi connectivity index (χ0) is 16.5. The number of likely N-dealkylation sites (tertiary alicyclic amines) is 1. The molecule has 3 nitrogen and oxygen atoms in total. The van der Waals surface area contributed by atoms with Crippen molar-refractivity contribution < 1.29 is 0 Å². The van der Waals surface area contributed by atoms with Crippen molar-refractivity contribution in [3.8, 4) is 0 Å². The third kappa shape index (κ3) is 2.44. The summed E-state index contributed by atoms with van der Waals surface area (Å²) < 4.78 is 0. The Hall–Kier alpha value is -2.13. The maximum atomic E-state index is 5.89. The fourth-order valence-electron chi connectivity index (χ4n) is 4.94. The molecule has 2 N–H and O–H groups in total. The Morgan fingerprint density at radius 1 is 0.833 bits per heavy atom. The summed E-state index contributed by atoms with van der Waals surface area (Å²) in [6, 6.07) is 22.4. The van der Waals surface area contributed by atoms with Crippen LogP contribution >= 0.6 is 0 Å². The SMILES string of the molecule is CN1[C@@H](c2ccccc2)[C@@H]2CCC[C@@H](C2=NN)[C@@H]1c1ccccc1. The molecule has 1 saturated carbocycles. The van der Waals surface area contributed by atoms with Crippen LogP contribution in [0.5, 0.6) is 0 Å². The van der Waals surface area contributed by atoms with Crippen molar-refractivity contribution in [2.45, 2.75) is 31.3 Å². The van der Waals surface area contributed by atoms with E-state index in [-0.39, 0.29) is 0 Å². The smallest absolute Gasteiger partial charge is 0.0475 e. The van der Waals surface area contributed by atoms with Gasteiger partial charge in [-0.2, -0.15) is 5.10 Å². The van der Waals surface area contributed by atoms with E-state index >= 15 is 0 Å². The van der Waals surface area contributed by atoms with E-state index in [2.05, 4.69) is 77.7 Å². The standard InChI is InChI=1S/C21H25N3/c1-24-20(15-9-4-2-5-10-15)17-13-8-14-18(19(17)23-22)21(24)16-11-6-3-7-12-16/h2-7,9-12,17-18,20-21H,8,13-14,22H2,1H3/t17-,18+,20-,21-/m0/s1. The molecule has 2 aromatic carbocycles. The molecule has 2 aromatic rings. The predicted molar refractivity (Wildman–Crippen MR) is 98.6 cm³/mol. The quantitative estimate of drug-likeness (QED) is 0.667. The summed E-state index contributed by atoms with van der Waals surface area (Å²) in [5.74, 6) is 6.75. The van der Waals surface area contributed by atoms with Gasteiger partial charge < -0.3 is 5.84 Å². The van der Waals surface area contributed by atoms with Gasteiger partial charge in [-0.05, 0) is 31.0 Å². The number of piperidine rings is 1. The van der Waals surface area contributed by atoms with Crippen LogP contribution in [0.15, 0.2) is 65.8 Å². The maximum Gasteiger partial charge on any atom is 0.0475 e. The summed E-state index contributed by atoms with van der Waals surface area (Å²) in [5.41, 5.74) is 3.96. The van der Waals surface area contributed by atoms with Crippen LogP contribution in [0, 0.1) is 11.8 Å². The van der Waals surface area contributed by atoms with Crippen LogP contribution in [0.4, 0.5) is 0 Å². The zero-order valence-corrected chi connectivity index (χ0v) is 14.2. The number of hydrogen-bond donors (Lipinski definition) is 1. The van der Waals surface area contributed by atoms with E-state index in [4.69, 9.17) is 5.84 Å². The van der Waals surface area contributed by atoms with E-state index in [9.17, 15) is 0 Å². The Balaban J connectivity index is 1.83. The van der Waals surface area contributed by atoms with E-state index < -0.39 is 0 Å². The van der Waals surface area contributed by atoms with Gasteiger partial charge in [0.25, 0.3) is 0 Å². The first-order valence-corrected chi connectivity index (χ1v) is 8.90. The molecule has 0 radical (unpaired) electrons. The Bertz CT molecular complexity index is 653. The highest BCUT2D eigenvalue weighted by Crippen LogP contribution is 2.51. The van der Waals surface area contributed by atoms with E-state index in [1.807, 2.05) is 0 Å². The molecule has 124 valence electrons. The first kappa shape index (κ1) is 15.4. The van der Waals surface area contributed by atoms with Gasteiger partial charge in [-0.25, -0.2) is 0 Å². The van der Waals surface area contributed by atoms with E-state index in [0.717, 1.165) is 0 Å². The predicted octanol–water partition coefficient (Wildman–Crippen LogP) is 4.15. The van der Waals surface area contributed by atoms with E-state index in [0.29, 0.717) is 23.9 Å². The molecule has 3 heteroatoms. The minimum Gasteiger partial charge on any atom is -0.323 e. The van der Waals surface area contributed by atoms with Crippen molar-refractivity contribution >= 4 is 5.71 Å². The van der Waals surface area contributed by atoms with Crippen LogP contribution in [0.2, 0.25) is 0 Å². The summed E-state index contributed by atoms with van der Waals surface area (Å²) in [6.07, 6.45) is 3.62. The molecule has 0 amide bonds. The van der Waals surface area contributed by atoms with Gasteiger partial charge in [-0.3, -0.25) is 4.90 Å². The van der Waals surface area contributed by atoms with Gasteiger partial charge in [0.05, 0.1) is 0 Å². The largest absolute Gasteiger partial charge is 0.323 e. The van der Waals surface area contributed by atoms with Gasteiger partial charge in [-0.1, -0.05) is 67.1 Å². The van der Waals surface area contributed by atoms with Crippen molar-refractivity contribution in [1.29, 1.82) is 0 Å². The van der Waals surface area contributed by atoms with Crippen molar-refractivity contribution in [2.75, 3.05) is 7.05 Å². The van der Waals surface area contributed by atoms with Crippen molar-refractivity contribution in [3.05, 3.63) is 71.8 Å². The third-order valence-electron chi connectivity index (χ3n) is 5.86. The lowest BCUT2D eigenvalue weighted by Gasteiger charge is -2.52. The van der Waals surface area contributed by atoms with Gasteiger partial charge in [0.1, 0.15) is 0 Å². The number of hydrazone groups is 1. The Morgan fingerprint density at radius 2 is 1.29 bits per heavy atom. The molecule has 4 atom stereocenters. The molecule has 0 spiro atoms. The number of hydrogen-bond acceptors (Lipinski definition) is 3. The third-order valence-corrected chi connectivity index (χ3v) is 5.86. The van der Waals surface area contributed by atoms with Gasteiger partial charge in [0, 0.05) is 29.6 Å². The molecule has 24 heavy (non-hydrogen) atoms. The average molecular weight is 319 g/mol. The highest BCUT2D eigenvalue weighted by Gasteiger charge is 2.48. The van der Waals surface area contributed by atoms with Crippen LogP contribution in [0.25, 0.3) is 0 Å². The molecule has 2 fully saturated rings. The van der Waals surface area contributed by atoms with Crippen molar-refractivity contribution in [2.24, 2.45) is 22.8 Å². The van der Waals surface area contributed by atoms with Gasteiger partial charge >= 0.3 is 0 Å². The fourth-order valence-corrected chi connectivity index (χ4v) is 4.94. The molecule has 1 aliphatic heterocycles. The maximum absolute atomic E-state index is 5.89. The number of fused-ring (bicyclic) bond motifs is 2. The summed E-state index contributed by atoms with van der Waals surface area (Å²) in [5, 5.41) is 4.31. The second-order valence-electron chi connectivity index (χ2n) is 7.07. The molecule has 4 rings (SSSR count). The summed E-state index contributed by atoms with van der Waals surface area (Å²) in [6.45, 7) is 0. The average Bonchev–Trinajstić information content (AvgIpc) is 2.63. The van der Waals surface area contributed by atoms with E-state index in [1.165, 1.54) is 36.1 Å². The zero-order valence-electron chi connectivity index (χ0n) is 14.2. The van der Waals surface area contributed by atoms with E-state index in [1.54, 1.807) is 0 Å². The van der Waals surface area contributed by atoms with Crippen LogP contribution in [-0.2, 0) is 0 Å². The molecule has 1 saturated heterocycles. The molecule has 2 aliphatic rings. The van der Waals surface area contributed by atoms with Crippen LogP contribution in [0.1, 0.15) is 42.5 Å². The fraction of sp³-hybridized carbons (Fsp3) is 0.381. The molecular weight excluding hydrogens is 294 g/mol. The van der Waals surface area contributed by atoms with Crippen LogP contribution in [-0.4, -0.2) is 17.7 Å². The lowest BCUT2D eigenvalue weighted by molar-refractivity contribution is 0.0669. The molecule has 1 aliphatic carbocycles. The monoisotopic (exact) mass is 319 g/mol. The van der Waals surface area contributed by atoms with Gasteiger partial charge in [0.15, 0.2) is 0 Å². The molecule has 2 bridgehead atoms. The van der Waals surface area contributed by atoms with Crippen molar-refractivity contribution in [1.82, 2.24) is 4.90 Å². The van der Waals surface area contributed by atoms with Gasteiger partial charge in [0.2, 0.25) is 0 Å². The topological polar surface area (TPSA) is 41.6 Å². The summed E-state index contributed by atoms with van der Waals surface area (Å²) >= 11 is 0. The van der Waals surface area contributed by atoms with Crippen molar-refractivity contribution in [3.63, 3.8) is 0 Å². The Morgan fingerprint density at radius 3 is 1.71 bits per heavy atom. The Kier molecular flexibility index (Phi) is 4.11. The highest BCUT2D eigenvalue weighted by molar-refractivity contribution is 5.91. The molecule has 0 unspecified atom stereocenters. The first-order chi connectivity index (χ1) is 11.8. The molecule has 1 heterocycles. The van der Waals surface area contributed by atoms with Gasteiger partial charge in [-0.15, -0.1) is 0 Å². The second kappa shape index (κ2) is 6.40. The van der Waals surface area contributed by atoms with Crippen LogP contribution < -0.4 is 5.84 Å².